The van der Waals surface area contributed by atoms with E-state index in [1.165, 1.54) is 0 Å². The van der Waals surface area contributed by atoms with Gasteiger partial charge in [-0.1, -0.05) is 50.0 Å². The van der Waals surface area contributed by atoms with Crippen LogP contribution in [0.3, 0.4) is 0 Å². The van der Waals surface area contributed by atoms with E-state index in [0.29, 0.717) is 11.5 Å². The Labute approximate surface area is 117 Å². The lowest BCUT2D eigenvalue weighted by molar-refractivity contribution is 0.131. The number of hydrogen-bond donors (Lipinski definition) is 2. The summed E-state index contributed by atoms with van der Waals surface area (Å²) >= 11 is 0. The summed E-state index contributed by atoms with van der Waals surface area (Å²) in [4.78, 5) is 0. The highest BCUT2D eigenvalue weighted by Crippen LogP contribution is 2.47. The van der Waals surface area contributed by atoms with Crippen LogP contribution in [0.5, 0.6) is 0 Å². The zero-order valence-electron chi connectivity index (χ0n) is 12.2. The van der Waals surface area contributed by atoms with Gasteiger partial charge >= 0.3 is 0 Å². The largest absolute Gasteiger partial charge is 0.393 e. The summed E-state index contributed by atoms with van der Waals surface area (Å²) in [5.41, 5.74) is 1.35. The first-order valence-corrected chi connectivity index (χ1v) is 10.9. The highest BCUT2D eigenvalue weighted by atomic mass is 28.3. The smallest absolute Gasteiger partial charge is 0.0797 e. The first kappa shape index (κ1) is 14.8. The molecule has 2 N–H and O–H groups in total. The Kier molecular flexibility index (Phi) is 4.49. The van der Waals surface area contributed by atoms with Crippen LogP contribution in [-0.2, 0) is 0 Å². The number of benzene rings is 1. The van der Waals surface area contributed by atoms with Gasteiger partial charge in [0.25, 0.3) is 0 Å². The molecular weight excluding hydrogens is 252 g/mol. The second-order valence-electron chi connectivity index (χ2n) is 6.97. The van der Waals surface area contributed by atoms with Gasteiger partial charge in [-0.05, 0) is 36.3 Å². The Balaban J connectivity index is 2.23. The van der Waals surface area contributed by atoms with E-state index in [9.17, 15) is 10.2 Å². The van der Waals surface area contributed by atoms with Gasteiger partial charge in [-0.15, -0.1) is 0 Å². The summed E-state index contributed by atoms with van der Waals surface area (Å²) in [6.07, 6.45) is 2.27. The van der Waals surface area contributed by atoms with E-state index in [4.69, 9.17) is 0 Å². The molecule has 1 aromatic carbocycles. The fourth-order valence-electron chi connectivity index (χ4n) is 3.61. The van der Waals surface area contributed by atoms with Crippen molar-refractivity contribution in [2.24, 2.45) is 5.92 Å². The molecule has 0 spiro atoms. The van der Waals surface area contributed by atoms with Crippen LogP contribution in [0, 0.1) is 5.92 Å². The molecule has 1 saturated carbocycles. The number of rotatable bonds is 4. The van der Waals surface area contributed by atoms with Crippen LogP contribution in [0.4, 0.5) is 0 Å². The molecule has 1 aliphatic rings. The molecule has 0 saturated heterocycles. The molecule has 4 atom stereocenters. The van der Waals surface area contributed by atoms with Gasteiger partial charge in [-0.3, -0.25) is 0 Å². The molecule has 1 aromatic rings. The Bertz CT molecular complexity index is 399. The molecule has 19 heavy (non-hydrogen) atoms. The molecule has 2 rings (SSSR count). The van der Waals surface area contributed by atoms with Gasteiger partial charge in [-0.25, -0.2) is 0 Å². The third kappa shape index (κ3) is 3.47. The van der Waals surface area contributed by atoms with E-state index >= 15 is 0 Å². The van der Waals surface area contributed by atoms with Crippen molar-refractivity contribution in [2.75, 3.05) is 0 Å². The van der Waals surface area contributed by atoms with Crippen molar-refractivity contribution < 1.29 is 10.2 Å². The second-order valence-corrected chi connectivity index (χ2v) is 12.4. The highest BCUT2D eigenvalue weighted by Gasteiger charge is 2.42. The molecular formula is C16H26O2Si. The molecule has 3 heteroatoms. The van der Waals surface area contributed by atoms with Crippen LogP contribution in [0.2, 0.25) is 25.2 Å². The van der Waals surface area contributed by atoms with Crippen LogP contribution in [-0.4, -0.2) is 24.4 Å². The summed E-state index contributed by atoms with van der Waals surface area (Å²) in [6, 6.07) is 10.00. The Hall–Kier alpha value is -0.643. The fourth-order valence-corrected chi connectivity index (χ4v) is 6.47. The number of hydrogen-bond acceptors (Lipinski definition) is 2. The van der Waals surface area contributed by atoms with Crippen LogP contribution < -0.4 is 0 Å². The van der Waals surface area contributed by atoms with Gasteiger partial charge in [0.15, 0.2) is 0 Å². The van der Waals surface area contributed by atoms with E-state index in [0.717, 1.165) is 24.8 Å². The van der Waals surface area contributed by atoms with E-state index in [1.807, 2.05) is 30.3 Å². The van der Waals surface area contributed by atoms with Crippen LogP contribution in [0.15, 0.2) is 30.3 Å². The third-order valence-corrected chi connectivity index (χ3v) is 7.22. The Morgan fingerprint density at radius 3 is 2.21 bits per heavy atom. The Morgan fingerprint density at radius 1 is 1.11 bits per heavy atom. The summed E-state index contributed by atoms with van der Waals surface area (Å²) < 4.78 is 0. The molecule has 2 unspecified atom stereocenters. The molecule has 0 radical (unpaired) electrons. The minimum Gasteiger partial charge on any atom is -0.393 e. The maximum atomic E-state index is 10.8. The van der Waals surface area contributed by atoms with Crippen LogP contribution in [0.1, 0.15) is 30.9 Å². The molecule has 0 amide bonds. The molecule has 1 aliphatic carbocycles. The lowest BCUT2D eigenvalue weighted by atomic mass is 9.94. The topological polar surface area (TPSA) is 40.5 Å². The monoisotopic (exact) mass is 278 g/mol. The number of aliphatic hydroxyl groups excluding tert-OH is 2. The summed E-state index contributed by atoms with van der Waals surface area (Å²) in [5, 5.41) is 20.6. The predicted octanol–water partition coefficient (Wildman–Crippen LogP) is 3.59. The SMILES string of the molecule is C[Si](C)(C)C(C(O)c1ccccc1)[C@@H]1CC[C@H](O)C1. The predicted molar refractivity (Wildman–Crippen MR) is 81.8 cm³/mol. The zero-order chi connectivity index (χ0) is 14.0. The van der Waals surface area contributed by atoms with E-state index in [1.54, 1.807) is 0 Å². The zero-order valence-corrected chi connectivity index (χ0v) is 13.2. The second kappa shape index (κ2) is 5.78. The van der Waals surface area contributed by atoms with Gasteiger partial charge in [0, 0.05) is 0 Å². The summed E-state index contributed by atoms with van der Waals surface area (Å²) in [5.74, 6) is 0.469. The maximum absolute atomic E-state index is 10.8. The molecule has 2 nitrogen and oxygen atoms in total. The van der Waals surface area contributed by atoms with E-state index in [-0.39, 0.29) is 12.2 Å². The Morgan fingerprint density at radius 2 is 1.74 bits per heavy atom. The van der Waals surface area contributed by atoms with Crippen molar-refractivity contribution in [1.29, 1.82) is 0 Å². The van der Waals surface area contributed by atoms with Crippen molar-refractivity contribution in [3.05, 3.63) is 35.9 Å². The standard InChI is InChI=1S/C16H26O2Si/c1-19(2,3)16(13-9-10-14(17)11-13)15(18)12-7-5-4-6-8-12/h4-8,13-18H,9-11H2,1-3H3/t13-,14+,15?,16?/m1/s1. The van der Waals surface area contributed by atoms with Gasteiger partial charge < -0.3 is 10.2 Å². The highest BCUT2D eigenvalue weighted by molar-refractivity contribution is 6.77. The molecule has 0 aliphatic heterocycles. The first-order valence-electron chi connectivity index (χ1n) is 7.30. The van der Waals surface area contributed by atoms with Crippen molar-refractivity contribution in [3.8, 4) is 0 Å². The normalized spacial score (nSPS) is 27.2. The summed E-state index contributed by atoms with van der Waals surface area (Å²) in [7, 11) is -1.49. The minimum atomic E-state index is -1.49. The van der Waals surface area contributed by atoms with E-state index < -0.39 is 8.07 Å². The van der Waals surface area contributed by atoms with Gasteiger partial charge in [0.05, 0.1) is 20.3 Å². The van der Waals surface area contributed by atoms with Crippen molar-refractivity contribution in [2.45, 2.75) is 56.7 Å². The molecule has 106 valence electrons. The first-order chi connectivity index (χ1) is 8.89. The average molecular weight is 278 g/mol. The fraction of sp³-hybridized carbons (Fsp3) is 0.625. The third-order valence-electron chi connectivity index (χ3n) is 4.43. The minimum absolute atomic E-state index is 0.160. The van der Waals surface area contributed by atoms with Crippen molar-refractivity contribution in [1.82, 2.24) is 0 Å². The van der Waals surface area contributed by atoms with E-state index in [2.05, 4.69) is 19.6 Å². The number of aliphatic hydroxyl groups is 2. The maximum Gasteiger partial charge on any atom is 0.0797 e. The molecule has 0 bridgehead atoms. The average Bonchev–Trinajstić information content (AvgIpc) is 2.75. The molecule has 1 fully saturated rings. The van der Waals surface area contributed by atoms with Gasteiger partial charge in [0.2, 0.25) is 0 Å². The lowest BCUT2D eigenvalue weighted by Crippen LogP contribution is -2.37. The van der Waals surface area contributed by atoms with Crippen LogP contribution in [0.25, 0.3) is 0 Å². The summed E-state index contributed by atoms with van der Waals surface area (Å²) in [6.45, 7) is 6.98. The van der Waals surface area contributed by atoms with Gasteiger partial charge in [-0.2, -0.15) is 0 Å². The molecule has 0 aromatic heterocycles. The van der Waals surface area contributed by atoms with Gasteiger partial charge in [0.1, 0.15) is 0 Å². The van der Waals surface area contributed by atoms with Crippen LogP contribution >= 0.6 is 0 Å². The lowest BCUT2D eigenvalue weighted by Gasteiger charge is -2.38. The quantitative estimate of drug-likeness (QED) is 0.826. The molecule has 0 heterocycles. The van der Waals surface area contributed by atoms with Crippen molar-refractivity contribution in [3.63, 3.8) is 0 Å². The van der Waals surface area contributed by atoms with Crippen molar-refractivity contribution >= 4 is 8.07 Å².